The van der Waals surface area contributed by atoms with E-state index in [2.05, 4.69) is 31.6 Å². The van der Waals surface area contributed by atoms with Crippen molar-refractivity contribution in [2.75, 3.05) is 13.2 Å². The number of rotatable bonds is 24. The minimum Gasteiger partial charge on any atom is -0.492 e. The molecule has 0 aliphatic rings. The molecule has 2 rings (SSSR count). The van der Waals surface area contributed by atoms with Gasteiger partial charge in [0.1, 0.15) is 11.5 Å². The summed E-state index contributed by atoms with van der Waals surface area (Å²) in [5.41, 5.74) is 2.56. The van der Waals surface area contributed by atoms with Crippen molar-refractivity contribution < 1.29 is 9.47 Å². The largest absolute Gasteiger partial charge is 0.492 e. The third-order valence-electron chi connectivity index (χ3n) is 7.86. The van der Waals surface area contributed by atoms with E-state index in [1.165, 1.54) is 116 Å². The van der Waals surface area contributed by atoms with Gasteiger partial charge in [0.05, 0.1) is 24.3 Å². The molecule has 0 aromatic heterocycles. The predicted octanol–water partition coefficient (Wildman–Crippen LogP) is 11.7. The van der Waals surface area contributed by atoms with E-state index in [0.717, 1.165) is 41.0 Å². The third-order valence-corrected chi connectivity index (χ3v) is 7.86. The lowest BCUT2D eigenvalue weighted by molar-refractivity contribution is 0.295. The van der Waals surface area contributed by atoms with Crippen LogP contribution in [-0.2, 0) is 0 Å². The van der Waals surface area contributed by atoms with E-state index in [1.54, 1.807) is 0 Å². The summed E-state index contributed by atoms with van der Waals surface area (Å²) in [6, 6.07) is 14.0. The minimum atomic E-state index is 0.676. The van der Waals surface area contributed by atoms with Crippen LogP contribution < -0.4 is 9.47 Å². The Morgan fingerprint density at radius 2 is 0.905 bits per heavy atom. The average molecular weight is 571 g/mol. The van der Waals surface area contributed by atoms with Gasteiger partial charge in [-0.3, -0.25) is 0 Å². The second-order valence-electron chi connectivity index (χ2n) is 11.7. The summed E-state index contributed by atoms with van der Waals surface area (Å²) in [6.45, 7) is 5.90. The van der Waals surface area contributed by atoms with Crippen molar-refractivity contribution in [3.05, 3.63) is 59.2 Å². The second-order valence-corrected chi connectivity index (χ2v) is 11.7. The molecule has 0 N–H and O–H groups in total. The van der Waals surface area contributed by atoms with Gasteiger partial charge in [0.25, 0.3) is 0 Å². The first kappa shape index (κ1) is 35.4. The summed E-state index contributed by atoms with van der Waals surface area (Å²) in [5, 5.41) is 0. The third kappa shape index (κ3) is 16.6. The van der Waals surface area contributed by atoms with Crippen molar-refractivity contribution in [1.29, 1.82) is 0 Å². The van der Waals surface area contributed by atoms with Crippen molar-refractivity contribution in [2.24, 2.45) is 0 Å². The lowest BCUT2D eigenvalue weighted by atomic mass is 10.1. The SMILES string of the molecule is C#Cc1cc(OCCCCCCCCCCCC)c(C#Cc2ccccc2)cc1OCCCCCCCCCCCC. The maximum atomic E-state index is 6.25. The van der Waals surface area contributed by atoms with Crippen LogP contribution in [0.5, 0.6) is 11.5 Å². The van der Waals surface area contributed by atoms with Crippen molar-refractivity contribution in [3.8, 4) is 35.7 Å². The Bertz CT molecular complexity index is 1040. The Hall–Kier alpha value is -2.84. The first-order valence-electron chi connectivity index (χ1n) is 17.3. The van der Waals surface area contributed by atoms with Gasteiger partial charge in [-0.05, 0) is 25.0 Å². The summed E-state index contributed by atoms with van der Waals surface area (Å²) in [7, 11) is 0. The van der Waals surface area contributed by atoms with Gasteiger partial charge in [0.15, 0.2) is 0 Å². The van der Waals surface area contributed by atoms with Crippen molar-refractivity contribution in [1.82, 2.24) is 0 Å². The Morgan fingerprint density at radius 3 is 1.36 bits per heavy atom. The minimum absolute atomic E-state index is 0.676. The highest BCUT2D eigenvalue weighted by molar-refractivity contribution is 5.59. The van der Waals surface area contributed by atoms with Crippen LogP contribution in [0, 0.1) is 24.2 Å². The monoisotopic (exact) mass is 570 g/mol. The first-order chi connectivity index (χ1) is 20.8. The zero-order valence-electron chi connectivity index (χ0n) is 27.0. The highest BCUT2D eigenvalue weighted by Crippen LogP contribution is 2.29. The van der Waals surface area contributed by atoms with Crippen LogP contribution in [0.15, 0.2) is 42.5 Å². The summed E-state index contributed by atoms with van der Waals surface area (Å²) < 4.78 is 12.4. The predicted molar refractivity (Wildman–Crippen MR) is 181 cm³/mol. The number of unbranched alkanes of at least 4 members (excludes halogenated alkanes) is 18. The Morgan fingerprint density at radius 1 is 0.500 bits per heavy atom. The van der Waals surface area contributed by atoms with E-state index in [-0.39, 0.29) is 0 Å². The molecular weight excluding hydrogens is 512 g/mol. The molecule has 0 spiro atoms. The van der Waals surface area contributed by atoms with E-state index >= 15 is 0 Å². The number of benzene rings is 2. The molecule has 0 fully saturated rings. The van der Waals surface area contributed by atoms with Gasteiger partial charge < -0.3 is 9.47 Å². The fourth-order valence-electron chi connectivity index (χ4n) is 5.21. The lowest BCUT2D eigenvalue weighted by Crippen LogP contribution is -2.03. The molecule has 2 nitrogen and oxygen atoms in total. The van der Waals surface area contributed by atoms with Gasteiger partial charge >= 0.3 is 0 Å². The Kier molecular flexibility index (Phi) is 20.8. The molecule has 0 heterocycles. The number of ether oxygens (including phenoxy) is 2. The van der Waals surface area contributed by atoms with Gasteiger partial charge in [-0.1, -0.05) is 165 Å². The topological polar surface area (TPSA) is 18.5 Å². The van der Waals surface area contributed by atoms with E-state index < -0.39 is 0 Å². The fraction of sp³-hybridized carbons (Fsp3) is 0.600. The zero-order valence-corrected chi connectivity index (χ0v) is 27.0. The Balaban J connectivity index is 1.85. The van der Waals surface area contributed by atoms with Crippen molar-refractivity contribution >= 4 is 0 Å². The number of terminal acetylenes is 1. The highest BCUT2D eigenvalue weighted by atomic mass is 16.5. The molecule has 0 amide bonds. The molecule has 0 radical (unpaired) electrons. The fourth-order valence-corrected chi connectivity index (χ4v) is 5.21. The molecule has 0 saturated heterocycles. The lowest BCUT2D eigenvalue weighted by Gasteiger charge is -2.14. The van der Waals surface area contributed by atoms with Crippen LogP contribution in [-0.4, -0.2) is 13.2 Å². The van der Waals surface area contributed by atoms with Crippen molar-refractivity contribution in [2.45, 2.75) is 142 Å². The molecule has 0 aliphatic carbocycles. The van der Waals surface area contributed by atoms with Crippen LogP contribution >= 0.6 is 0 Å². The molecule has 0 unspecified atom stereocenters. The zero-order chi connectivity index (χ0) is 29.9. The van der Waals surface area contributed by atoms with Gasteiger partial charge in [-0.2, -0.15) is 0 Å². The molecule has 2 aromatic rings. The molecule has 230 valence electrons. The maximum Gasteiger partial charge on any atom is 0.136 e. The molecule has 2 heteroatoms. The van der Waals surface area contributed by atoms with Crippen LogP contribution in [0.1, 0.15) is 159 Å². The van der Waals surface area contributed by atoms with E-state index in [9.17, 15) is 0 Å². The van der Waals surface area contributed by atoms with Crippen LogP contribution in [0.4, 0.5) is 0 Å². The molecule has 42 heavy (non-hydrogen) atoms. The first-order valence-corrected chi connectivity index (χ1v) is 17.3. The van der Waals surface area contributed by atoms with Gasteiger partial charge in [-0.15, -0.1) is 6.42 Å². The van der Waals surface area contributed by atoms with Gasteiger partial charge in [0.2, 0.25) is 0 Å². The molecule has 0 atom stereocenters. The summed E-state index contributed by atoms with van der Waals surface area (Å²) in [4.78, 5) is 0. The highest BCUT2D eigenvalue weighted by Gasteiger charge is 2.11. The van der Waals surface area contributed by atoms with Crippen molar-refractivity contribution in [3.63, 3.8) is 0 Å². The van der Waals surface area contributed by atoms with E-state index in [4.69, 9.17) is 15.9 Å². The second kappa shape index (κ2) is 24.7. The van der Waals surface area contributed by atoms with Crippen LogP contribution in [0.25, 0.3) is 0 Å². The summed E-state index contributed by atoms with van der Waals surface area (Å²) in [6.07, 6.45) is 32.0. The summed E-state index contributed by atoms with van der Waals surface area (Å²) >= 11 is 0. The smallest absolute Gasteiger partial charge is 0.136 e. The number of hydrogen-bond acceptors (Lipinski definition) is 2. The molecule has 0 saturated carbocycles. The number of hydrogen-bond donors (Lipinski definition) is 0. The van der Waals surface area contributed by atoms with Gasteiger partial charge in [-0.25, -0.2) is 0 Å². The molecule has 0 aliphatic heterocycles. The van der Waals surface area contributed by atoms with Crippen LogP contribution in [0.2, 0.25) is 0 Å². The quantitative estimate of drug-likeness (QED) is 0.0923. The van der Waals surface area contributed by atoms with Gasteiger partial charge in [0, 0.05) is 17.7 Å². The Labute approximate surface area is 259 Å². The molecule has 2 aromatic carbocycles. The standard InChI is InChI=1S/C40H58O2/c1-4-7-9-11-13-15-17-19-21-26-32-41-39-35-38(31-30-36-28-24-23-25-29-36)40(34-37(39)6-3)42-33-27-22-20-18-16-14-12-10-8-5-2/h3,23-25,28-29,34-35H,4-5,7-22,26-27,32-33H2,1-2H3. The normalized spacial score (nSPS) is 10.6. The molecule has 0 bridgehead atoms. The van der Waals surface area contributed by atoms with E-state index in [0.29, 0.717) is 13.2 Å². The molecular formula is C40H58O2. The summed E-state index contributed by atoms with van der Waals surface area (Å²) in [5.74, 6) is 10.9. The maximum absolute atomic E-state index is 6.25. The average Bonchev–Trinajstić information content (AvgIpc) is 3.02. The van der Waals surface area contributed by atoms with E-state index in [1.807, 2.05) is 42.5 Å². The van der Waals surface area contributed by atoms with Crippen LogP contribution in [0.3, 0.4) is 0 Å².